The first kappa shape index (κ1) is 15.6. The molecule has 0 unspecified atom stereocenters. The van der Waals surface area contributed by atoms with Gasteiger partial charge in [0.25, 0.3) is 0 Å². The summed E-state index contributed by atoms with van der Waals surface area (Å²) in [5.41, 5.74) is 4.31. The minimum Gasteiger partial charge on any atom is -0.469 e. The lowest BCUT2D eigenvalue weighted by Gasteiger charge is -2.09. The van der Waals surface area contributed by atoms with Crippen molar-refractivity contribution in [1.29, 1.82) is 0 Å². The molecule has 0 saturated heterocycles. The molecule has 0 bridgehead atoms. The lowest BCUT2D eigenvalue weighted by molar-refractivity contribution is -0.139. The van der Waals surface area contributed by atoms with Crippen LogP contribution in [0.3, 0.4) is 0 Å². The average Bonchev–Trinajstić information content (AvgIpc) is 2.81. The molecule has 2 aromatic carbocycles. The number of fused-ring (bicyclic) bond motifs is 1. The van der Waals surface area contributed by atoms with Crippen molar-refractivity contribution >= 4 is 28.5 Å². The molecule has 4 heteroatoms. The van der Waals surface area contributed by atoms with Gasteiger partial charge in [-0.15, -0.1) is 0 Å². The van der Waals surface area contributed by atoms with Gasteiger partial charge in [-0.05, 0) is 30.2 Å². The molecule has 0 atom stereocenters. The average molecular weight is 328 g/mol. The molecule has 3 nitrogen and oxygen atoms in total. The summed E-state index contributed by atoms with van der Waals surface area (Å²) < 4.78 is 7.04. The molecule has 0 N–H and O–H groups in total. The van der Waals surface area contributed by atoms with Gasteiger partial charge in [0, 0.05) is 22.6 Å². The number of nitrogens with zero attached hydrogens (tertiary/aromatic N) is 1. The van der Waals surface area contributed by atoms with Gasteiger partial charge in [0.2, 0.25) is 0 Å². The maximum Gasteiger partial charge on any atom is 0.310 e. The molecular weight excluding hydrogens is 310 g/mol. The number of methoxy groups -OCH3 is 1. The highest BCUT2D eigenvalue weighted by atomic mass is 35.5. The zero-order valence-electron chi connectivity index (χ0n) is 13.2. The van der Waals surface area contributed by atoms with Crippen LogP contribution in [0.4, 0.5) is 0 Å². The molecule has 0 aliphatic carbocycles. The Kier molecular flexibility index (Phi) is 4.39. The van der Waals surface area contributed by atoms with Gasteiger partial charge in [-0.2, -0.15) is 0 Å². The molecule has 0 saturated carbocycles. The number of carbonyl (C=O) groups is 1. The Morgan fingerprint density at radius 3 is 2.61 bits per heavy atom. The molecule has 0 radical (unpaired) electrons. The van der Waals surface area contributed by atoms with Gasteiger partial charge >= 0.3 is 5.97 Å². The van der Waals surface area contributed by atoms with E-state index in [0.717, 1.165) is 28.7 Å². The molecule has 3 rings (SSSR count). The zero-order valence-corrected chi connectivity index (χ0v) is 13.9. The molecule has 0 spiro atoms. The van der Waals surface area contributed by atoms with Crippen LogP contribution in [0.5, 0.6) is 0 Å². The number of hydrogen-bond acceptors (Lipinski definition) is 2. The van der Waals surface area contributed by atoms with E-state index in [1.165, 1.54) is 12.7 Å². The summed E-state index contributed by atoms with van der Waals surface area (Å²) in [6.45, 7) is 2.78. The second-order valence-corrected chi connectivity index (χ2v) is 5.99. The summed E-state index contributed by atoms with van der Waals surface area (Å²) in [5, 5.41) is 1.74. The third-order valence-electron chi connectivity index (χ3n) is 4.15. The third kappa shape index (κ3) is 3.10. The van der Waals surface area contributed by atoms with Crippen molar-refractivity contribution in [2.75, 3.05) is 7.11 Å². The van der Waals surface area contributed by atoms with Crippen molar-refractivity contribution in [1.82, 2.24) is 4.57 Å². The first-order chi connectivity index (χ1) is 11.1. The van der Waals surface area contributed by atoms with E-state index in [9.17, 15) is 4.79 Å². The van der Waals surface area contributed by atoms with E-state index in [4.69, 9.17) is 16.3 Å². The Balaban J connectivity index is 2.14. The Morgan fingerprint density at radius 1 is 1.17 bits per heavy atom. The molecule has 1 aromatic heterocycles. The molecule has 0 amide bonds. The number of benzene rings is 2. The highest BCUT2D eigenvalue weighted by Crippen LogP contribution is 2.29. The van der Waals surface area contributed by atoms with Crippen LogP contribution in [0.25, 0.3) is 10.9 Å². The first-order valence-corrected chi connectivity index (χ1v) is 7.86. The SMILES string of the molecule is COC(=O)Cc1c(C)n(Cc2ccccc2)c2cc(Cl)ccc12. The molecule has 23 heavy (non-hydrogen) atoms. The van der Waals surface area contributed by atoms with E-state index in [1.54, 1.807) is 0 Å². The van der Waals surface area contributed by atoms with Gasteiger partial charge in [0.05, 0.1) is 19.0 Å². The highest BCUT2D eigenvalue weighted by Gasteiger charge is 2.17. The first-order valence-electron chi connectivity index (χ1n) is 7.48. The molecule has 3 aromatic rings. The summed E-state index contributed by atoms with van der Waals surface area (Å²) in [5.74, 6) is -0.234. The third-order valence-corrected chi connectivity index (χ3v) is 4.38. The van der Waals surface area contributed by atoms with Crippen molar-refractivity contribution in [2.45, 2.75) is 19.9 Å². The maximum atomic E-state index is 11.8. The van der Waals surface area contributed by atoms with Crippen LogP contribution in [0.2, 0.25) is 5.02 Å². The van der Waals surface area contributed by atoms with Crippen LogP contribution in [0, 0.1) is 6.92 Å². The quantitative estimate of drug-likeness (QED) is 0.666. The van der Waals surface area contributed by atoms with Crippen LogP contribution in [-0.4, -0.2) is 17.6 Å². The minimum absolute atomic E-state index is 0.234. The number of ether oxygens (including phenoxy) is 1. The fraction of sp³-hybridized carbons (Fsp3) is 0.211. The van der Waals surface area contributed by atoms with Crippen molar-refractivity contribution in [2.24, 2.45) is 0 Å². The number of halogens is 1. The van der Waals surface area contributed by atoms with Crippen molar-refractivity contribution in [3.05, 3.63) is 70.4 Å². The smallest absolute Gasteiger partial charge is 0.310 e. The van der Waals surface area contributed by atoms with E-state index < -0.39 is 0 Å². The van der Waals surface area contributed by atoms with Gasteiger partial charge in [-0.1, -0.05) is 48.0 Å². The summed E-state index contributed by atoms with van der Waals surface area (Å²) >= 11 is 6.18. The molecule has 118 valence electrons. The lowest BCUT2D eigenvalue weighted by atomic mass is 10.1. The van der Waals surface area contributed by atoms with Crippen molar-refractivity contribution < 1.29 is 9.53 Å². The summed E-state index contributed by atoms with van der Waals surface area (Å²) in [6, 6.07) is 16.0. The van der Waals surface area contributed by atoms with Crippen LogP contribution < -0.4 is 0 Å². The largest absolute Gasteiger partial charge is 0.469 e. The molecule has 0 fully saturated rings. The number of aromatic nitrogens is 1. The number of carbonyl (C=O) groups excluding carboxylic acids is 1. The van der Waals surface area contributed by atoms with Gasteiger partial charge in [-0.25, -0.2) is 0 Å². The van der Waals surface area contributed by atoms with Crippen LogP contribution >= 0.6 is 11.6 Å². The monoisotopic (exact) mass is 327 g/mol. The number of rotatable bonds is 4. The normalized spacial score (nSPS) is 10.9. The fourth-order valence-corrected chi connectivity index (χ4v) is 3.10. The predicted octanol–water partition coefficient (Wildman–Crippen LogP) is 4.37. The van der Waals surface area contributed by atoms with E-state index in [2.05, 4.69) is 16.7 Å². The Labute approximate surface area is 140 Å². The summed E-state index contributed by atoms with van der Waals surface area (Å²) in [4.78, 5) is 11.8. The zero-order chi connectivity index (χ0) is 16.4. The predicted molar refractivity (Wildman–Crippen MR) is 92.9 cm³/mol. The van der Waals surface area contributed by atoms with Gasteiger partial charge in [0.1, 0.15) is 0 Å². The lowest BCUT2D eigenvalue weighted by Crippen LogP contribution is -2.07. The summed E-state index contributed by atoms with van der Waals surface area (Å²) in [7, 11) is 1.41. The highest BCUT2D eigenvalue weighted by molar-refractivity contribution is 6.31. The topological polar surface area (TPSA) is 31.2 Å². The summed E-state index contributed by atoms with van der Waals surface area (Å²) in [6.07, 6.45) is 0.266. The Hall–Kier alpha value is -2.26. The number of esters is 1. The molecule has 0 aliphatic heterocycles. The molecule has 0 aliphatic rings. The van der Waals surface area contributed by atoms with Crippen LogP contribution in [-0.2, 0) is 22.5 Å². The van der Waals surface area contributed by atoms with E-state index in [0.29, 0.717) is 5.02 Å². The Bertz CT molecular complexity index is 853. The van der Waals surface area contributed by atoms with Gasteiger partial charge < -0.3 is 9.30 Å². The van der Waals surface area contributed by atoms with Crippen molar-refractivity contribution in [3.8, 4) is 0 Å². The Morgan fingerprint density at radius 2 is 1.91 bits per heavy atom. The van der Waals surface area contributed by atoms with E-state index in [-0.39, 0.29) is 12.4 Å². The number of hydrogen-bond donors (Lipinski definition) is 0. The van der Waals surface area contributed by atoms with E-state index in [1.807, 2.05) is 43.3 Å². The fourth-order valence-electron chi connectivity index (χ4n) is 2.93. The second-order valence-electron chi connectivity index (χ2n) is 5.55. The molecular formula is C19H18ClNO2. The van der Waals surface area contributed by atoms with Crippen LogP contribution in [0.1, 0.15) is 16.8 Å². The molecule has 1 heterocycles. The van der Waals surface area contributed by atoms with E-state index >= 15 is 0 Å². The van der Waals surface area contributed by atoms with Gasteiger partial charge in [-0.3, -0.25) is 4.79 Å². The van der Waals surface area contributed by atoms with Crippen LogP contribution in [0.15, 0.2) is 48.5 Å². The maximum absolute atomic E-state index is 11.8. The second kappa shape index (κ2) is 6.47. The standard InChI is InChI=1S/C19H18ClNO2/c1-13-17(11-19(22)23-2)16-9-8-15(20)10-18(16)21(13)12-14-6-4-3-5-7-14/h3-10H,11-12H2,1-2H3. The van der Waals surface area contributed by atoms with Gasteiger partial charge in [0.15, 0.2) is 0 Å². The minimum atomic E-state index is -0.234. The van der Waals surface area contributed by atoms with Crippen molar-refractivity contribution in [3.63, 3.8) is 0 Å².